The van der Waals surface area contributed by atoms with Crippen molar-refractivity contribution in [2.75, 3.05) is 18.6 Å². The molecule has 1 N–H and O–H groups in total. The van der Waals surface area contributed by atoms with Crippen molar-refractivity contribution in [3.05, 3.63) is 70.3 Å². The fraction of sp³-hybridized carbons (Fsp3) is 0.211. The molecule has 1 fully saturated rings. The number of anilines is 1. The number of non-ortho nitro benzene ring substituents is 1. The molecule has 1 unspecified atom stereocenters. The van der Waals surface area contributed by atoms with Crippen molar-refractivity contribution >= 4 is 29.2 Å². The Labute approximate surface area is 160 Å². The van der Waals surface area contributed by atoms with Gasteiger partial charge >= 0.3 is 5.97 Å². The third-order valence-electron chi connectivity index (χ3n) is 4.60. The zero-order valence-corrected chi connectivity index (χ0v) is 15.0. The Morgan fingerprint density at radius 1 is 1.18 bits per heavy atom. The number of methoxy groups -OCH3 is 1. The van der Waals surface area contributed by atoms with Gasteiger partial charge in [-0.15, -0.1) is 0 Å². The number of amides is 2. The number of hydrogen-bond acceptors (Lipinski definition) is 6. The van der Waals surface area contributed by atoms with Crippen LogP contribution in [0.3, 0.4) is 0 Å². The molecule has 1 atom stereocenters. The van der Waals surface area contributed by atoms with E-state index in [0.29, 0.717) is 11.3 Å². The molecule has 0 saturated carbocycles. The van der Waals surface area contributed by atoms with Crippen molar-refractivity contribution in [2.24, 2.45) is 0 Å². The predicted molar refractivity (Wildman–Crippen MR) is 98.3 cm³/mol. The Bertz CT molecular complexity index is 928. The molecular weight excluding hydrogens is 366 g/mol. The number of nitro benzene ring substituents is 1. The Morgan fingerprint density at radius 2 is 1.82 bits per heavy atom. The molecule has 144 valence electrons. The van der Waals surface area contributed by atoms with Crippen LogP contribution in [-0.2, 0) is 24.7 Å². The highest BCUT2D eigenvalue weighted by atomic mass is 16.6. The van der Waals surface area contributed by atoms with Crippen molar-refractivity contribution in [1.29, 1.82) is 0 Å². The van der Waals surface area contributed by atoms with E-state index < -0.39 is 22.3 Å². The van der Waals surface area contributed by atoms with Gasteiger partial charge in [0.1, 0.15) is 6.54 Å². The smallest absolute Gasteiger partial charge is 0.325 e. The normalized spacial score (nSPS) is 18.2. The zero-order chi connectivity index (χ0) is 20.3. The molecule has 2 aromatic rings. The van der Waals surface area contributed by atoms with Gasteiger partial charge in [0.25, 0.3) is 11.6 Å². The average Bonchev–Trinajstić information content (AvgIpc) is 2.70. The van der Waals surface area contributed by atoms with E-state index in [1.54, 1.807) is 30.3 Å². The fourth-order valence-electron chi connectivity index (χ4n) is 3.21. The number of nitrogens with zero attached hydrogens (tertiary/aromatic N) is 2. The van der Waals surface area contributed by atoms with Crippen LogP contribution >= 0.6 is 0 Å². The first-order valence-corrected chi connectivity index (χ1v) is 8.38. The van der Waals surface area contributed by atoms with Crippen LogP contribution in [0.1, 0.15) is 12.0 Å². The van der Waals surface area contributed by atoms with E-state index in [9.17, 15) is 24.5 Å². The summed E-state index contributed by atoms with van der Waals surface area (Å²) in [5, 5.41) is 13.4. The maximum atomic E-state index is 13.1. The number of para-hydroxylation sites is 1. The molecule has 0 aromatic heterocycles. The summed E-state index contributed by atoms with van der Waals surface area (Å²) in [4.78, 5) is 48.7. The van der Waals surface area contributed by atoms with Crippen LogP contribution in [0.15, 0.2) is 54.6 Å². The number of rotatable bonds is 6. The molecule has 3 rings (SSSR count). The Kier molecular flexibility index (Phi) is 5.08. The molecule has 1 heterocycles. The summed E-state index contributed by atoms with van der Waals surface area (Å²) in [5.74, 6) is -1.49. The van der Waals surface area contributed by atoms with Crippen LogP contribution in [0.5, 0.6) is 0 Å². The number of hydrogen-bond donors (Lipinski definition) is 1. The van der Waals surface area contributed by atoms with Gasteiger partial charge in [-0.2, -0.15) is 0 Å². The number of carbonyl (C=O) groups excluding carboxylic acids is 3. The van der Waals surface area contributed by atoms with Crippen LogP contribution in [0.2, 0.25) is 0 Å². The van der Waals surface area contributed by atoms with Crippen LogP contribution in [-0.4, -0.2) is 36.4 Å². The Balaban J connectivity index is 2.03. The largest absolute Gasteiger partial charge is 0.468 e. The second kappa shape index (κ2) is 7.47. The van der Waals surface area contributed by atoms with Gasteiger partial charge in [0, 0.05) is 17.8 Å². The summed E-state index contributed by atoms with van der Waals surface area (Å²) in [6, 6.07) is 14.0. The minimum absolute atomic E-state index is 0.132. The molecule has 2 aromatic carbocycles. The molecule has 1 aliphatic heterocycles. The Morgan fingerprint density at radius 3 is 2.36 bits per heavy atom. The van der Waals surface area contributed by atoms with Crippen LogP contribution in [0.4, 0.5) is 11.4 Å². The van der Waals surface area contributed by atoms with Gasteiger partial charge < -0.3 is 10.1 Å². The minimum Gasteiger partial charge on any atom is -0.468 e. The van der Waals surface area contributed by atoms with Crippen molar-refractivity contribution in [3.8, 4) is 0 Å². The molecule has 9 nitrogen and oxygen atoms in total. The second-order valence-corrected chi connectivity index (χ2v) is 6.16. The highest BCUT2D eigenvalue weighted by Crippen LogP contribution is 2.45. The molecule has 0 radical (unpaired) electrons. The molecule has 0 bridgehead atoms. The molecule has 1 saturated heterocycles. The van der Waals surface area contributed by atoms with Gasteiger partial charge in [-0.25, -0.2) is 0 Å². The van der Waals surface area contributed by atoms with Gasteiger partial charge in [0.15, 0.2) is 5.54 Å². The molecule has 0 aliphatic carbocycles. The highest BCUT2D eigenvalue weighted by molar-refractivity contribution is 6.14. The predicted octanol–water partition coefficient (Wildman–Crippen LogP) is 1.52. The number of nitro groups is 1. The lowest BCUT2D eigenvalue weighted by molar-refractivity contribution is -0.384. The second-order valence-electron chi connectivity index (χ2n) is 6.16. The lowest BCUT2D eigenvalue weighted by atomic mass is 9.76. The number of β-lactam (4-membered cyclic amide) rings is 1. The zero-order valence-electron chi connectivity index (χ0n) is 15.0. The van der Waals surface area contributed by atoms with Gasteiger partial charge in [0.2, 0.25) is 5.91 Å². The van der Waals surface area contributed by atoms with E-state index in [1.807, 2.05) is 0 Å². The third-order valence-corrected chi connectivity index (χ3v) is 4.60. The number of carbonyl (C=O) groups is 3. The summed E-state index contributed by atoms with van der Waals surface area (Å²) in [7, 11) is 1.20. The standard InChI is InChI=1S/C19H17N3O6/c1-28-17(24)12-20-18(25)19(13-7-9-15(10-8-13)22(26)27)11-16(23)21(19)14-5-3-2-4-6-14/h2-10H,11-12H2,1H3,(H,20,25). The van der Waals surface area contributed by atoms with E-state index in [1.165, 1.54) is 36.3 Å². The monoisotopic (exact) mass is 383 g/mol. The van der Waals surface area contributed by atoms with Gasteiger partial charge in [-0.3, -0.25) is 29.4 Å². The third kappa shape index (κ3) is 3.18. The lowest BCUT2D eigenvalue weighted by Crippen LogP contribution is -2.68. The van der Waals surface area contributed by atoms with Crippen molar-refractivity contribution in [1.82, 2.24) is 5.32 Å². The number of benzene rings is 2. The van der Waals surface area contributed by atoms with Crippen molar-refractivity contribution < 1.29 is 24.0 Å². The van der Waals surface area contributed by atoms with E-state index in [2.05, 4.69) is 10.1 Å². The molecule has 0 spiro atoms. The Hall–Kier alpha value is -3.75. The molecule has 2 amide bonds. The molecule has 28 heavy (non-hydrogen) atoms. The van der Waals surface area contributed by atoms with Crippen LogP contribution in [0, 0.1) is 10.1 Å². The van der Waals surface area contributed by atoms with Gasteiger partial charge in [-0.1, -0.05) is 18.2 Å². The van der Waals surface area contributed by atoms with Crippen molar-refractivity contribution in [3.63, 3.8) is 0 Å². The summed E-state index contributed by atoms with van der Waals surface area (Å²) in [5.41, 5.74) is -0.637. The fourth-order valence-corrected chi connectivity index (χ4v) is 3.21. The van der Waals surface area contributed by atoms with E-state index in [0.717, 1.165) is 0 Å². The van der Waals surface area contributed by atoms with Crippen molar-refractivity contribution in [2.45, 2.75) is 12.0 Å². The van der Waals surface area contributed by atoms with Crippen LogP contribution in [0.25, 0.3) is 0 Å². The number of ether oxygens (including phenoxy) is 1. The SMILES string of the molecule is COC(=O)CNC(=O)C1(c2ccc([N+](=O)[O-])cc2)CC(=O)N1c1ccccc1. The lowest BCUT2D eigenvalue weighted by Gasteiger charge is -2.50. The van der Waals surface area contributed by atoms with Crippen LogP contribution < -0.4 is 10.2 Å². The van der Waals surface area contributed by atoms with E-state index in [4.69, 9.17) is 0 Å². The maximum Gasteiger partial charge on any atom is 0.325 e. The first kappa shape index (κ1) is 19.0. The average molecular weight is 383 g/mol. The first-order valence-electron chi connectivity index (χ1n) is 8.38. The quantitative estimate of drug-likeness (QED) is 0.350. The number of esters is 1. The summed E-state index contributed by atoms with van der Waals surface area (Å²) < 4.78 is 4.54. The minimum atomic E-state index is -1.42. The first-order chi connectivity index (χ1) is 13.4. The van der Waals surface area contributed by atoms with E-state index in [-0.39, 0.29) is 24.6 Å². The molecule has 9 heteroatoms. The summed E-state index contributed by atoms with van der Waals surface area (Å²) in [6.07, 6.45) is -0.132. The van der Waals surface area contributed by atoms with Gasteiger partial charge in [0.05, 0.1) is 18.5 Å². The highest BCUT2D eigenvalue weighted by Gasteiger charge is 2.58. The maximum absolute atomic E-state index is 13.1. The van der Waals surface area contributed by atoms with E-state index >= 15 is 0 Å². The summed E-state index contributed by atoms with van der Waals surface area (Å²) >= 11 is 0. The molecular formula is C19H17N3O6. The van der Waals surface area contributed by atoms with Gasteiger partial charge in [-0.05, 0) is 29.8 Å². The topological polar surface area (TPSA) is 119 Å². The number of nitrogens with one attached hydrogen (secondary N) is 1. The summed E-state index contributed by atoms with van der Waals surface area (Å²) in [6.45, 7) is -0.360. The molecule has 1 aliphatic rings.